The second-order valence-corrected chi connectivity index (χ2v) is 2.19. The van der Waals surface area contributed by atoms with Crippen LogP contribution in [0.4, 0.5) is 0 Å². The lowest BCUT2D eigenvalue weighted by atomic mass is 10.1. The molecule has 9 heavy (non-hydrogen) atoms. The first-order chi connectivity index (χ1) is 4.33. The first-order valence-corrected chi connectivity index (χ1v) is 2.92. The molecule has 0 saturated carbocycles. The highest BCUT2D eigenvalue weighted by Gasteiger charge is 2.34. The summed E-state index contributed by atoms with van der Waals surface area (Å²) in [6.45, 7) is 1.04. The largest absolute Gasteiger partial charge is 0.378 e. The highest BCUT2D eigenvalue weighted by atomic mass is 16.6. The molecule has 1 atom stereocenters. The number of methoxy groups -OCH3 is 1. The minimum absolute atomic E-state index is 0.410. The molecule has 52 valence electrons. The van der Waals surface area contributed by atoms with Crippen LogP contribution in [0, 0.1) is 0 Å². The fourth-order valence-corrected chi connectivity index (χ4v) is 0.864. The van der Waals surface area contributed by atoms with Gasteiger partial charge in [0.15, 0.2) is 6.29 Å². The minimum atomic E-state index is -0.625. The molecule has 3 nitrogen and oxygen atoms in total. The number of rotatable bonds is 2. The quantitative estimate of drug-likeness (QED) is 0.493. The van der Waals surface area contributed by atoms with Crippen LogP contribution in [-0.2, 0) is 14.3 Å². The predicted molar refractivity (Wildman–Crippen MR) is 31.2 cm³/mol. The Morgan fingerprint density at radius 2 is 2.56 bits per heavy atom. The minimum Gasteiger partial charge on any atom is -0.378 e. The molecule has 0 bridgehead atoms. The van der Waals surface area contributed by atoms with E-state index in [-0.39, 0.29) is 0 Å². The van der Waals surface area contributed by atoms with E-state index in [4.69, 9.17) is 9.47 Å². The van der Waals surface area contributed by atoms with Crippen LogP contribution >= 0.6 is 0 Å². The number of hydrogen-bond acceptors (Lipinski definition) is 3. The summed E-state index contributed by atoms with van der Waals surface area (Å²) < 4.78 is 9.94. The maximum Gasteiger partial charge on any atom is 0.154 e. The van der Waals surface area contributed by atoms with E-state index in [0.717, 1.165) is 6.29 Å². The second kappa shape index (κ2) is 2.45. The highest BCUT2D eigenvalue weighted by Crippen LogP contribution is 2.18. The van der Waals surface area contributed by atoms with Gasteiger partial charge in [0, 0.05) is 13.5 Å². The Bertz CT molecular complexity index is 105. The summed E-state index contributed by atoms with van der Waals surface area (Å²) in [6, 6.07) is 0. The van der Waals surface area contributed by atoms with E-state index in [1.807, 2.05) is 0 Å². The van der Waals surface area contributed by atoms with Gasteiger partial charge in [-0.25, -0.2) is 0 Å². The smallest absolute Gasteiger partial charge is 0.154 e. The molecular formula is C6H10O3. The van der Waals surface area contributed by atoms with Gasteiger partial charge in [-0.2, -0.15) is 0 Å². The van der Waals surface area contributed by atoms with Crippen molar-refractivity contribution in [3.05, 3.63) is 0 Å². The lowest BCUT2D eigenvalue weighted by Crippen LogP contribution is -2.33. The number of carbonyl (C=O) groups excluding carboxylic acids is 1. The van der Waals surface area contributed by atoms with Crippen molar-refractivity contribution in [2.75, 3.05) is 20.3 Å². The Hall–Kier alpha value is -0.410. The summed E-state index contributed by atoms with van der Waals surface area (Å²) in [4.78, 5) is 10.4. The fourth-order valence-electron chi connectivity index (χ4n) is 0.864. The summed E-state index contributed by atoms with van der Waals surface area (Å²) in [5, 5.41) is 0. The lowest BCUT2D eigenvalue weighted by Gasteiger charge is -2.16. The van der Waals surface area contributed by atoms with Crippen LogP contribution in [0.15, 0.2) is 0 Å². The summed E-state index contributed by atoms with van der Waals surface area (Å²) in [7, 11) is 1.53. The lowest BCUT2D eigenvalue weighted by molar-refractivity contribution is -0.127. The number of aldehydes is 1. The number of ether oxygens (including phenoxy) is 2. The Morgan fingerprint density at radius 1 is 1.78 bits per heavy atom. The van der Waals surface area contributed by atoms with E-state index in [1.165, 1.54) is 7.11 Å². The van der Waals surface area contributed by atoms with Gasteiger partial charge in [0.2, 0.25) is 0 Å². The molecule has 0 N–H and O–H groups in total. The molecule has 1 heterocycles. The normalized spacial score (nSPS) is 34.8. The van der Waals surface area contributed by atoms with Crippen LogP contribution in [0.3, 0.4) is 0 Å². The van der Waals surface area contributed by atoms with E-state index < -0.39 is 5.60 Å². The van der Waals surface area contributed by atoms with E-state index in [2.05, 4.69) is 0 Å². The first kappa shape index (κ1) is 6.71. The van der Waals surface area contributed by atoms with Crippen LogP contribution in [0.2, 0.25) is 0 Å². The van der Waals surface area contributed by atoms with Gasteiger partial charge in [-0.05, 0) is 0 Å². The number of carbonyl (C=O) groups is 1. The Kier molecular flexibility index (Phi) is 1.83. The number of hydrogen-bond donors (Lipinski definition) is 0. The summed E-state index contributed by atoms with van der Waals surface area (Å²) in [5.41, 5.74) is -0.625. The molecule has 1 fully saturated rings. The van der Waals surface area contributed by atoms with Crippen LogP contribution in [0.5, 0.6) is 0 Å². The van der Waals surface area contributed by atoms with Crippen molar-refractivity contribution in [1.82, 2.24) is 0 Å². The van der Waals surface area contributed by atoms with Gasteiger partial charge in [0.1, 0.15) is 5.60 Å². The zero-order valence-corrected chi connectivity index (χ0v) is 5.42. The van der Waals surface area contributed by atoms with Crippen LogP contribution in [0.25, 0.3) is 0 Å². The first-order valence-electron chi connectivity index (χ1n) is 2.92. The van der Waals surface area contributed by atoms with Crippen LogP contribution in [-0.4, -0.2) is 32.2 Å². The van der Waals surface area contributed by atoms with Crippen molar-refractivity contribution in [3.63, 3.8) is 0 Å². The summed E-state index contributed by atoms with van der Waals surface area (Å²) >= 11 is 0. The monoisotopic (exact) mass is 130 g/mol. The zero-order chi connectivity index (χ0) is 6.74. The third kappa shape index (κ3) is 1.11. The van der Waals surface area contributed by atoms with E-state index in [0.29, 0.717) is 19.6 Å². The highest BCUT2D eigenvalue weighted by molar-refractivity contribution is 5.63. The van der Waals surface area contributed by atoms with Gasteiger partial charge in [0.25, 0.3) is 0 Å². The average molecular weight is 130 g/mol. The SMILES string of the molecule is COC1(C=O)CCOC1. The molecule has 0 aromatic carbocycles. The van der Waals surface area contributed by atoms with Gasteiger partial charge in [0.05, 0.1) is 13.2 Å². The van der Waals surface area contributed by atoms with Gasteiger partial charge >= 0.3 is 0 Å². The maximum absolute atomic E-state index is 10.4. The molecule has 1 aliphatic heterocycles. The van der Waals surface area contributed by atoms with Gasteiger partial charge in [-0.1, -0.05) is 0 Å². The third-order valence-electron chi connectivity index (χ3n) is 1.64. The maximum atomic E-state index is 10.4. The molecule has 1 unspecified atom stereocenters. The van der Waals surface area contributed by atoms with Crippen molar-refractivity contribution < 1.29 is 14.3 Å². The molecule has 0 radical (unpaired) electrons. The van der Waals surface area contributed by atoms with Crippen molar-refractivity contribution >= 4 is 6.29 Å². The fraction of sp³-hybridized carbons (Fsp3) is 0.833. The Morgan fingerprint density at radius 3 is 2.78 bits per heavy atom. The standard InChI is InChI=1S/C6H10O3/c1-8-6(4-7)2-3-9-5-6/h4H,2-3,5H2,1H3. The van der Waals surface area contributed by atoms with Crippen molar-refractivity contribution in [2.45, 2.75) is 12.0 Å². The molecule has 3 heteroatoms. The molecule has 0 spiro atoms. The third-order valence-corrected chi connectivity index (χ3v) is 1.64. The molecule has 0 amide bonds. The van der Waals surface area contributed by atoms with E-state index in [1.54, 1.807) is 0 Å². The van der Waals surface area contributed by atoms with Crippen LogP contribution < -0.4 is 0 Å². The van der Waals surface area contributed by atoms with Crippen molar-refractivity contribution in [3.8, 4) is 0 Å². The topological polar surface area (TPSA) is 35.5 Å². The van der Waals surface area contributed by atoms with Gasteiger partial charge in [-0.15, -0.1) is 0 Å². The average Bonchev–Trinajstić information content (AvgIpc) is 2.36. The Balaban J connectivity index is 2.55. The van der Waals surface area contributed by atoms with Crippen LogP contribution in [0.1, 0.15) is 6.42 Å². The zero-order valence-electron chi connectivity index (χ0n) is 5.42. The second-order valence-electron chi connectivity index (χ2n) is 2.19. The molecule has 1 aliphatic rings. The van der Waals surface area contributed by atoms with Crippen molar-refractivity contribution in [1.29, 1.82) is 0 Å². The molecule has 1 saturated heterocycles. The predicted octanol–water partition coefficient (Wildman–Crippen LogP) is -0.00920. The van der Waals surface area contributed by atoms with Gasteiger partial charge < -0.3 is 14.3 Å². The molecule has 0 aliphatic carbocycles. The Labute approximate surface area is 53.9 Å². The van der Waals surface area contributed by atoms with Gasteiger partial charge in [-0.3, -0.25) is 0 Å². The summed E-state index contributed by atoms with van der Waals surface area (Å²) in [6.07, 6.45) is 1.51. The van der Waals surface area contributed by atoms with Crippen molar-refractivity contribution in [2.24, 2.45) is 0 Å². The van der Waals surface area contributed by atoms with E-state index in [9.17, 15) is 4.79 Å². The molecule has 1 rings (SSSR count). The molecular weight excluding hydrogens is 120 g/mol. The van der Waals surface area contributed by atoms with E-state index >= 15 is 0 Å². The molecule has 0 aromatic heterocycles. The summed E-state index contributed by atoms with van der Waals surface area (Å²) in [5.74, 6) is 0. The molecule has 0 aromatic rings.